The molecule has 0 amide bonds. The number of rotatable bonds is 5. The lowest BCUT2D eigenvalue weighted by molar-refractivity contribution is -0.0498. The Morgan fingerprint density at radius 2 is 1.90 bits per heavy atom. The second kappa shape index (κ2) is 6.11. The number of nitrogens with zero attached hydrogens (tertiary/aromatic N) is 2. The van der Waals surface area contributed by atoms with Crippen molar-refractivity contribution in [3.63, 3.8) is 0 Å². The number of aromatic nitrogens is 2. The summed E-state index contributed by atoms with van der Waals surface area (Å²) in [7, 11) is 0. The molecule has 0 bridgehead atoms. The fraction of sp³-hybridized carbons (Fsp3) is 0.400. The van der Waals surface area contributed by atoms with E-state index in [2.05, 4.69) is 19.6 Å². The maximum atomic E-state index is 12.1. The minimum atomic E-state index is -2.80. The summed E-state index contributed by atoms with van der Waals surface area (Å²) in [6, 6.07) is 6.92. The summed E-state index contributed by atoms with van der Waals surface area (Å²) in [6.45, 7) is -2.80. The van der Waals surface area contributed by atoms with Crippen LogP contribution in [0.4, 0.5) is 20.4 Å². The van der Waals surface area contributed by atoms with Crippen LogP contribution in [0.1, 0.15) is 31.7 Å². The van der Waals surface area contributed by atoms with Gasteiger partial charge in [-0.2, -0.15) is 8.78 Å². The van der Waals surface area contributed by atoms with Crippen molar-refractivity contribution in [2.24, 2.45) is 0 Å². The first-order valence-electron chi connectivity index (χ1n) is 7.07. The molecule has 1 aromatic heterocycles. The molecule has 3 rings (SSSR count). The molecule has 0 spiro atoms. The van der Waals surface area contributed by atoms with E-state index in [-0.39, 0.29) is 5.75 Å². The monoisotopic (exact) mass is 293 g/mol. The Labute approximate surface area is 121 Å². The topological polar surface area (TPSA) is 39.1 Å². The quantitative estimate of drug-likeness (QED) is 0.891. The van der Waals surface area contributed by atoms with Crippen molar-refractivity contribution in [2.45, 2.75) is 38.3 Å². The average Bonchev–Trinajstić information content (AvgIpc) is 3.11. The summed E-state index contributed by atoms with van der Waals surface area (Å²) in [5.41, 5.74) is 0.794. The zero-order chi connectivity index (χ0) is 14.7. The minimum absolute atomic E-state index is 0.148. The molecule has 21 heavy (non-hydrogen) atoms. The van der Waals surface area contributed by atoms with Gasteiger partial charge in [0.1, 0.15) is 5.75 Å². The third-order valence-electron chi connectivity index (χ3n) is 3.72. The molecular formula is C15H17F2N3O. The third-order valence-corrected chi connectivity index (χ3v) is 3.72. The number of hydrogen-bond acceptors (Lipinski definition) is 3. The standard InChI is InChI=1S/C15H17F2N3O/c16-14(17)21-13-7-5-11(6-8-13)19-15-18-9-10-20(15)12-3-1-2-4-12/h5-10,12,14H,1-4H2,(H,18,19). The molecule has 1 aromatic carbocycles. The Morgan fingerprint density at radius 3 is 2.57 bits per heavy atom. The summed E-state index contributed by atoms with van der Waals surface area (Å²) in [5.74, 6) is 0.930. The summed E-state index contributed by atoms with van der Waals surface area (Å²) < 4.78 is 30.7. The summed E-state index contributed by atoms with van der Waals surface area (Å²) in [5, 5.41) is 3.22. The lowest BCUT2D eigenvalue weighted by Crippen LogP contribution is -2.08. The molecule has 1 fully saturated rings. The van der Waals surface area contributed by atoms with Crippen molar-refractivity contribution < 1.29 is 13.5 Å². The molecule has 1 heterocycles. The molecule has 0 aliphatic heterocycles. The van der Waals surface area contributed by atoms with Crippen LogP contribution in [0.15, 0.2) is 36.7 Å². The molecular weight excluding hydrogens is 276 g/mol. The highest BCUT2D eigenvalue weighted by Crippen LogP contribution is 2.32. The molecule has 0 atom stereocenters. The van der Waals surface area contributed by atoms with Crippen LogP contribution in [-0.4, -0.2) is 16.2 Å². The number of benzene rings is 1. The SMILES string of the molecule is FC(F)Oc1ccc(Nc2nccn2C2CCCC2)cc1. The fourth-order valence-corrected chi connectivity index (χ4v) is 2.74. The Kier molecular flexibility index (Phi) is 4.03. The molecule has 1 aliphatic carbocycles. The number of imidazole rings is 1. The number of anilines is 2. The van der Waals surface area contributed by atoms with Gasteiger partial charge < -0.3 is 14.6 Å². The molecule has 0 radical (unpaired) electrons. The maximum absolute atomic E-state index is 12.1. The van der Waals surface area contributed by atoms with Gasteiger partial charge in [-0.05, 0) is 37.1 Å². The van der Waals surface area contributed by atoms with Crippen LogP contribution < -0.4 is 10.1 Å². The Hall–Kier alpha value is -2.11. The van der Waals surface area contributed by atoms with Gasteiger partial charge in [-0.15, -0.1) is 0 Å². The van der Waals surface area contributed by atoms with Gasteiger partial charge >= 0.3 is 6.61 Å². The lowest BCUT2D eigenvalue weighted by atomic mass is 10.2. The largest absolute Gasteiger partial charge is 0.435 e. The minimum Gasteiger partial charge on any atom is -0.435 e. The fourth-order valence-electron chi connectivity index (χ4n) is 2.74. The van der Waals surface area contributed by atoms with E-state index in [4.69, 9.17) is 0 Å². The van der Waals surface area contributed by atoms with Crippen molar-refractivity contribution in [2.75, 3.05) is 5.32 Å². The molecule has 1 aliphatic rings. The number of nitrogens with one attached hydrogen (secondary N) is 1. The Balaban J connectivity index is 1.70. The zero-order valence-corrected chi connectivity index (χ0v) is 11.5. The van der Waals surface area contributed by atoms with Gasteiger partial charge in [0.25, 0.3) is 0 Å². The van der Waals surface area contributed by atoms with Gasteiger partial charge in [0.05, 0.1) is 0 Å². The number of ether oxygens (including phenoxy) is 1. The normalized spacial score (nSPS) is 15.6. The summed E-state index contributed by atoms with van der Waals surface area (Å²) in [4.78, 5) is 4.33. The first-order chi connectivity index (χ1) is 10.2. The average molecular weight is 293 g/mol. The summed E-state index contributed by atoms with van der Waals surface area (Å²) in [6.07, 6.45) is 8.60. The molecule has 0 unspecified atom stereocenters. The van der Waals surface area contributed by atoms with Gasteiger partial charge in [-0.3, -0.25) is 0 Å². The van der Waals surface area contributed by atoms with Crippen LogP contribution in [0.5, 0.6) is 5.75 Å². The van der Waals surface area contributed by atoms with Crippen LogP contribution in [0.3, 0.4) is 0 Å². The van der Waals surface area contributed by atoms with Crippen molar-refractivity contribution in [3.05, 3.63) is 36.7 Å². The number of alkyl halides is 2. The number of hydrogen-bond donors (Lipinski definition) is 1. The molecule has 112 valence electrons. The second-order valence-electron chi connectivity index (χ2n) is 5.12. The molecule has 2 aromatic rings. The van der Waals surface area contributed by atoms with Crippen molar-refractivity contribution in [1.82, 2.24) is 9.55 Å². The van der Waals surface area contributed by atoms with E-state index >= 15 is 0 Å². The van der Waals surface area contributed by atoms with Crippen LogP contribution in [0.2, 0.25) is 0 Å². The van der Waals surface area contributed by atoms with E-state index < -0.39 is 6.61 Å². The van der Waals surface area contributed by atoms with Crippen LogP contribution >= 0.6 is 0 Å². The van der Waals surface area contributed by atoms with E-state index in [1.165, 1.54) is 37.8 Å². The van der Waals surface area contributed by atoms with Crippen LogP contribution in [0.25, 0.3) is 0 Å². The molecule has 1 saturated carbocycles. The Morgan fingerprint density at radius 1 is 1.19 bits per heavy atom. The predicted octanol–water partition coefficient (Wildman–Crippen LogP) is 4.34. The summed E-state index contributed by atoms with van der Waals surface area (Å²) >= 11 is 0. The third kappa shape index (κ3) is 3.32. The smallest absolute Gasteiger partial charge is 0.387 e. The zero-order valence-electron chi connectivity index (χ0n) is 11.5. The van der Waals surface area contributed by atoms with Crippen LogP contribution in [-0.2, 0) is 0 Å². The lowest BCUT2D eigenvalue weighted by Gasteiger charge is -2.15. The highest BCUT2D eigenvalue weighted by molar-refractivity contribution is 5.55. The van der Waals surface area contributed by atoms with E-state index in [1.807, 2.05) is 6.20 Å². The maximum Gasteiger partial charge on any atom is 0.387 e. The number of halogens is 2. The van der Waals surface area contributed by atoms with E-state index in [0.717, 1.165) is 11.6 Å². The molecule has 6 heteroatoms. The van der Waals surface area contributed by atoms with Crippen LogP contribution in [0, 0.1) is 0 Å². The second-order valence-corrected chi connectivity index (χ2v) is 5.12. The first kappa shape index (κ1) is 13.9. The van der Waals surface area contributed by atoms with Gasteiger partial charge in [-0.25, -0.2) is 4.98 Å². The van der Waals surface area contributed by atoms with Crippen molar-refractivity contribution in [3.8, 4) is 5.75 Å². The van der Waals surface area contributed by atoms with Gasteiger partial charge in [-0.1, -0.05) is 12.8 Å². The van der Waals surface area contributed by atoms with Gasteiger partial charge in [0, 0.05) is 24.1 Å². The van der Waals surface area contributed by atoms with E-state index in [1.54, 1.807) is 18.3 Å². The van der Waals surface area contributed by atoms with Gasteiger partial charge in [0.2, 0.25) is 5.95 Å². The highest BCUT2D eigenvalue weighted by atomic mass is 19.3. The van der Waals surface area contributed by atoms with E-state index in [0.29, 0.717) is 6.04 Å². The van der Waals surface area contributed by atoms with Crippen molar-refractivity contribution in [1.29, 1.82) is 0 Å². The Bertz CT molecular complexity index is 577. The predicted molar refractivity (Wildman–Crippen MR) is 76.1 cm³/mol. The van der Waals surface area contributed by atoms with Gasteiger partial charge in [0.15, 0.2) is 0 Å². The van der Waals surface area contributed by atoms with E-state index in [9.17, 15) is 8.78 Å². The van der Waals surface area contributed by atoms with Crippen molar-refractivity contribution >= 4 is 11.6 Å². The highest BCUT2D eigenvalue weighted by Gasteiger charge is 2.19. The molecule has 4 nitrogen and oxygen atoms in total. The first-order valence-corrected chi connectivity index (χ1v) is 7.07. The molecule has 1 N–H and O–H groups in total. The molecule has 0 saturated heterocycles.